The Hall–Kier alpha value is -2.68. The van der Waals surface area contributed by atoms with Crippen molar-refractivity contribution in [1.82, 2.24) is 19.9 Å². The van der Waals surface area contributed by atoms with Crippen LogP contribution in [0, 0.1) is 0 Å². The zero-order valence-electron chi connectivity index (χ0n) is 17.8. The number of likely N-dealkylation sites (tertiary alicyclic amines) is 1. The maximum Gasteiger partial charge on any atom is 0.292 e. The molecule has 1 atom stereocenters. The molecule has 9 nitrogen and oxygen atoms in total. The lowest BCUT2D eigenvalue weighted by Crippen LogP contribution is -2.47. The summed E-state index contributed by atoms with van der Waals surface area (Å²) in [6, 6.07) is 1.68. The third kappa shape index (κ3) is 5.91. The van der Waals surface area contributed by atoms with Crippen LogP contribution in [0.1, 0.15) is 55.3 Å². The van der Waals surface area contributed by atoms with Gasteiger partial charge in [0, 0.05) is 38.8 Å². The second-order valence-corrected chi connectivity index (χ2v) is 7.79. The molecular weight excluding hydrogens is 388 g/mol. The molecule has 0 unspecified atom stereocenters. The van der Waals surface area contributed by atoms with Crippen LogP contribution in [0.15, 0.2) is 23.2 Å². The average molecular weight is 421 g/mol. The van der Waals surface area contributed by atoms with Crippen molar-refractivity contribution >= 4 is 18.3 Å². The second kappa shape index (κ2) is 11.5. The number of carboxylic acid groups (broad SMARTS) is 1. The van der Waals surface area contributed by atoms with Crippen molar-refractivity contribution in [2.45, 2.75) is 45.1 Å². The Morgan fingerprint density at radius 1 is 1.23 bits per heavy atom. The Kier molecular flexibility index (Phi) is 9.04. The van der Waals surface area contributed by atoms with E-state index in [2.05, 4.69) is 16.6 Å². The first-order valence-electron chi connectivity index (χ1n) is 10.4. The highest BCUT2D eigenvalue weighted by Crippen LogP contribution is 2.21. The quantitative estimate of drug-likeness (QED) is 0.572. The van der Waals surface area contributed by atoms with E-state index in [1.165, 1.54) is 0 Å². The fourth-order valence-corrected chi connectivity index (χ4v) is 3.86. The smallest absolute Gasteiger partial charge is 0.292 e. The summed E-state index contributed by atoms with van der Waals surface area (Å²) in [5.41, 5.74) is 0.786. The lowest BCUT2D eigenvalue weighted by molar-refractivity contribution is -0.135. The Labute approximate surface area is 177 Å². The normalized spacial score (nSPS) is 19.8. The minimum Gasteiger partial charge on any atom is -0.483 e. The number of rotatable bonds is 5. The van der Waals surface area contributed by atoms with Crippen LogP contribution in [0.4, 0.5) is 0 Å². The summed E-state index contributed by atoms with van der Waals surface area (Å²) in [7, 11) is 0. The number of aromatic nitrogens is 1. The molecule has 0 saturated carbocycles. The van der Waals surface area contributed by atoms with Gasteiger partial charge in [-0.15, -0.1) is 6.58 Å². The lowest BCUT2D eigenvalue weighted by atomic mass is 10.1. The molecule has 2 fully saturated rings. The molecule has 2 aliphatic heterocycles. The number of hydrogen-bond donors (Lipinski definition) is 1. The molecule has 0 aliphatic carbocycles. The monoisotopic (exact) mass is 420 g/mol. The van der Waals surface area contributed by atoms with Gasteiger partial charge in [-0.2, -0.15) is 0 Å². The van der Waals surface area contributed by atoms with Gasteiger partial charge in [0.15, 0.2) is 0 Å². The van der Waals surface area contributed by atoms with Crippen LogP contribution in [0.5, 0.6) is 0 Å². The topological polar surface area (TPSA) is 107 Å². The summed E-state index contributed by atoms with van der Waals surface area (Å²) in [5, 5.41) is 10.9. The highest BCUT2D eigenvalue weighted by Gasteiger charge is 2.34. The van der Waals surface area contributed by atoms with Crippen LogP contribution in [-0.2, 0) is 9.59 Å². The summed E-state index contributed by atoms with van der Waals surface area (Å²) in [6.45, 7) is 11.7. The third-order valence-electron chi connectivity index (χ3n) is 5.44. The first kappa shape index (κ1) is 23.6. The fraction of sp³-hybridized carbons (Fsp3) is 0.619. The molecule has 2 saturated heterocycles. The zero-order valence-corrected chi connectivity index (χ0v) is 17.8. The van der Waals surface area contributed by atoms with Gasteiger partial charge >= 0.3 is 0 Å². The van der Waals surface area contributed by atoms with Gasteiger partial charge in [-0.1, -0.05) is 25.1 Å². The number of hydrogen-bond acceptors (Lipinski definition) is 6. The molecule has 166 valence electrons. The largest absolute Gasteiger partial charge is 0.483 e. The summed E-state index contributed by atoms with van der Waals surface area (Å²) >= 11 is 0. The van der Waals surface area contributed by atoms with E-state index < -0.39 is 0 Å². The van der Waals surface area contributed by atoms with Crippen molar-refractivity contribution in [2.75, 3.05) is 39.3 Å². The maximum atomic E-state index is 13.0. The van der Waals surface area contributed by atoms with Gasteiger partial charge in [-0.05, 0) is 31.7 Å². The van der Waals surface area contributed by atoms with Crippen LogP contribution >= 0.6 is 0 Å². The van der Waals surface area contributed by atoms with Gasteiger partial charge in [0.1, 0.15) is 0 Å². The van der Waals surface area contributed by atoms with Crippen LogP contribution in [-0.4, -0.2) is 88.6 Å². The van der Waals surface area contributed by atoms with E-state index >= 15 is 0 Å². The fourth-order valence-electron chi connectivity index (χ4n) is 3.86. The Bertz CT molecular complexity index is 733. The lowest BCUT2D eigenvalue weighted by Gasteiger charge is -2.29. The summed E-state index contributed by atoms with van der Waals surface area (Å²) in [6.07, 6.45) is 4.59. The SMILES string of the molecule is C=CCN1CCC[C@H]1C(=O)N1CCCN(C(=O)c2cc(C(C)C)no2)CC1.O=CO. The predicted octanol–water partition coefficient (Wildman–Crippen LogP) is 1.82. The van der Waals surface area contributed by atoms with Crippen molar-refractivity contribution in [1.29, 1.82) is 0 Å². The zero-order chi connectivity index (χ0) is 22.1. The molecule has 3 heterocycles. The van der Waals surface area contributed by atoms with Gasteiger partial charge in [0.2, 0.25) is 11.7 Å². The molecule has 1 aromatic heterocycles. The molecule has 0 aromatic carbocycles. The summed E-state index contributed by atoms with van der Waals surface area (Å²) in [5.74, 6) is 0.548. The number of nitrogens with zero attached hydrogens (tertiary/aromatic N) is 4. The van der Waals surface area contributed by atoms with Crippen molar-refractivity contribution in [2.24, 2.45) is 0 Å². The van der Waals surface area contributed by atoms with Gasteiger partial charge < -0.3 is 19.4 Å². The van der Waals surface area contributed by atoms with Gasteiger partial charge in [0.05, 0.1) is 11.7 Å². The average Bonchev–Trinajstić information content (AvgIpc) is 3.32. The van der Waals surface area contributed by atoms with E-state index in [-0.39, 0.29) is 36.0 Å². The van der Waals surface area contributed by atoms with E-state index in [4.69, 9.17) is 14.4 Å². The number of carbonyl (C=O) groups is 3. The van der Waals surface area contributed by atoms with E-state index in [1.807, 2.05) is 24.8 Å². The van der Waals surface area contributed by atoms with E-state index in [9.17, 15) is 9.59 Å². The second-order valence-electron chi connectivity index (χ2n) is 7.79. The number of amides is 2. The van der Waals surface area contributed by atoms with Gasteiger partial charge in [0.25, 0.3) is 12.4 Å². The minimum absolute atomic E-state index is 0.0480. The van der Waals surface area contributed by atoms with Crippen molar-refractivity contribution in [3.8, 4) is 0 Å². The number of carbonyl (C=O) groups excluding carboxylic acids is 2. The maximum absolute atomic E-state index is 13.0. The van der Waals surface area contributed by atoms with Crippen molar-refractivity contribution in [3.05, 3.63) is 30.2 Å². The third-order valence-corrected chi connectivity index (χ3v) is 5.44. The highest BCUT2D eigenvalue weighted by molar-refractivity contribution is 5.91. The van der Waals surface area contributed by atoms with Crippen molar-refractivity contribution in [3.63, 3.8) is 0 Å². The molecular formula is C21H32N4O5. The first-order chi connectivity index (χ1) is 14.4. The van der Waals surface area contributed by atoms with Crippen LogP contribution in [0.2, 0.25) is 0 Å². The molecule has 1 N–H and O–H groups in total. The molecule has 0 spiro atoms. The van der Waals surface area contributed by atoms with Crippen molar-refractivity contribution < 1.29 is 24.0 Å². The Morgan fingerprint density at radius 2 is 1.90 bits per heavy atom. The molecule has 3 rings (SSSR count). The van der Waals surface area contributed by atoms with E-state index in [1.54, 1.807) is 11.0 Å². The molecule has 0 radical (unpaired) electrons. The molecule has 0 bridgehead atoms. The summed E-state index contributed by atoms with van der Waals surface area (Å²) in [4.78, 5) is 40.0. The molecule has 1 aromatic rings. The van der Waals surface area contributed by atoms with Gasteiger partial charge in [-0.25, -0.2) is 0 Å². The van der Waals surface area contributed by atoms with Crippen LogP contribution < -0.4 is 0 Å². The van der Waals surface area contributed by atoms with E-state index in [0.29, 0.717) is 26.2 Å². The highest BCUT2D eigenvalue weighted by atomic mass is 16.5. The molecule has 2 aliphatic rings. The van der Waals surface area contributed by atoms with Crippen LogP contribution in [0.3, 0.4) is 0 Å². The Morgan fingerprint density at radius 3 is 2.53 bits per heavy atom. The Balaban J connectivity index is 0.00000101. The molecule has 2 amide bonds. The molecule has 30 heavy (non-hydrogen) atoms. The minimum atomic E-state index is -0.250. The summed E-state index contributed by atoms with van der Waals surface area (Å²) < 4.78 is 5.24. The standard InChI is InChI=1S/C20H30N4O3.CH2O2/c1-4-8-22-9-5-7-17(22)19(25)23-10-6-11-24(13-12-23)20(26)18-14-16(15(2)3)21-27-18;2-1-3/h4,14-15,17H,1,5-13H2,2-3H3;1H,(H,2,3)/t17-;/m0./s1. The molecule has 9 heteroatoms. The van der Waals surface area contributed by atoms with E-state index in [0.717, 1.165) is 38.0 Å². The van der Waals surface area contributed by atoms with Crippen LogP contribution in [0.25, 0.3) is 0 Å². The van der Waals surface area contributed by atoms with Gasteiger partial charge in [-0.3, -0.25) is 19.3 Å². The predicted molar refractivity (Wildman–Crippen MR) is 111 cm³/mol. The first-order valence-corrected chi connectivity index (χ1v) is 10.4.